The lowest BCUT2D eigenvalue weighted by atomic mass is 9.89. The van der Waals surface area contributed by atoms with Crippen LogP contribution >= 0.6 is 0 Å². The number of aliphatic hydroxyl groups is 1. The molecular weight excluding hydrogens is 268 g/mol. The molecule has 1 amide bonds. The third-order valence-corrected chi connectivity index (χ3v) is 2.34. The second-order valence-electron chi connectivity index (χ2n) is 3.86. The predicted octanol–water partition coefficient (Wildman–Crippen LogP) is 2.00. The molecule has 0 saturated heterocycles. The molecule has 0 aliphatic rings. The first-order chi connectivity index (χ1) is 7.87. The fraction of sp³-hybridized carbons (Fsp3) is 0.889. The fourth-order valence-corrected chi connectivity index (χ4v) is 1.28. The Morgan fingerprint density at radius 2 is 1.56 bits per heavy atom. The molecule has 0 aliphatic carbocycles. The minimum absolute atomic E-state index is 0.0691. The van der Waals surface area contributed by atoms with E-state index in [1.54, 1.807) is 0 Å². The Bertz CT molecular complexity index is 284. The van der Waals surface area contributed by atoms with Crippen LogP contribution in [0.1, 0.15) is 20.3 Å². The molecule has 108 valence electrons. The third-order valence-electron chi connectivity index (χ3n) is 2.34. The van der Waals surface area contributed by atoms with Gasteiger partial charge in [-0.05, 0) is 6.92 Å². The highest BCUT2D eigenvalue weighted by molar-refractivity contribution is 5.78. The van der Waals surface area contributed by atoms with Gasteiger partial charge >= 0.3 is 12.4 Å². The fourth-order valence-electron chi connectivity index (χ4n) is 1.28. The van der Waals surface area contributed by atoms with Crippen molar-refractivity contribution in [2.75, 3.05) is 6.54 Å². The van der Waals surface area contributed by atoms with Crippen LogP contribution in [0.4, 0.5) is 26.3 Å². The molecule has 0 radical (unpaired) electrons. The minimum Gasteiger partial charge on any atom is -0.374 e. The van der Waals surface area contributed by atoms with Crippen molar-refractivity contribution >= 4 is 5.91 Å². The maximum absolute atomic E-state index is 12.3. The van der Waals surface area contributed by atoms with Gasteiger partial charge in [-0.1, -0.05) is 6.92 Å². The Balaban J connectivity index is 5.12. The molecule has 0 aromatic carbocycles. The van der Waals surface area contributed by atoms with Crippen LogP contribution in [0.25, 0.3) is 0 Å². The summed E-state index contributed by atoms with van der Waals surface area (Å²) in [4.78, 5) is 11.1. The number of rotatable bonds is 4. The monoisotopic (exact) mass is 281 g/mol. The van der Waals surface area contributed by atoms with E-state index in [2.05, 4.69) is 5.32 Å². The molecule has 2 N–H and O–H groups in total. The van der Waals surface area contributed by atoms with Crippen LogP contribution in [-0.4, -0.2) is 35.5 Å². The number of hydrogen-bond donors (Lipinski definition) is 2. The highest BCUT2D eigenvalue weighted by atomic mass is 19.4. The Morgan fingerprint density at radius 3 is 1.83 bits per heavy atom. The van der Waals surface area contributed by atoms with E-state index < -0.39 is 36.2 Å². The molecule has 0 aliphatic heterocycles. The molecule has 0 aromatic heterocycles. The van der Waals surface area contributed by atoms with Crippen molar-refractivity contribution in [3.8, 4) is 0 Å². The van der Waals surface area contributed by atoms with Gasteiger partial charge in [-0.25, -0.2) is 0 Å². The van der Waals surface area contributed by atoms with Crippen molar-refractivity contribution in [1.82, 2.24) is 5.32 Å². The van der Waals surface area contributed by atoms with Gasteiger partial charge in [0.15, 0.2) is 0 Å². The molecule has 0 aromatic rings. The van der Waals surface area contributed by atoms with E-state index in [1.807, 2.05) is 0 Å². The Kier molecular flexibility index (Phi) is 5.04. The Hall–Kier alpha value is -0.990. The van der Waals surface area contributed by atoms with E-state index in [1.165, 1.54) is 6.92 Å². The summed E-state index contributed by atoms with van der Waals surface area (Å²) in [6, 6.07) is 0. The molecule has 0 spiro atoms. The SMILES string of the molecule is CCNC(=O)C(C)CC(O)(C(F)(F)F)C(F)(F)F. The number of halogens is 6. The largest absolute Gasteiger partial charge is 0.426 e. The van der Waals surface area contributed by atoms with Crippen LogP contribution in [-0.2, 0) is 4.79 Å². The molecule has 1 atom stereocenters. The van der Waals surface area contributed by atoms with E-state index in [0.29, 0.717) is 0 Å². The molecule has 0 rings (SSSR count). The molecule has 1 unspecified atom stereocenters. The van der Waals surface area contributed by atoms with Gasteiger partial charge in [0.2, 0.25) is 5.91 Å². The second kappa shape index (κ2) is 5.33. The molecule has 0 bridgehead atoms. The van der Waals surface area contributed by atoms with E-state index in [-0.39, 0.29) is 6.54 Å². The van der Waals surface area contributed by atoms with Gasteiger partial charge in [0, 0.05) is 18.9 Å². The van der Waals surface area contributed by atoms with E-state index in [4.69, 9.17) is 5.11 Å². The van der Waals surface area contributed by atoms with Crippen LogP contribution in [0, 0.1) is 5.92 Å². The zero-order chi connectivity index (χ0) is 14.8. The highest BCUT2D eigenvalue weighted by Gasteiger charge is 2.70. The smallest absolute Gasteiger partial charge is 0.374 e. The third kappa shape index (κ3) is 3.50. The molecule has 18 heavy (non-hydrogen) atoms. The van der Waals surface area contributed by atoms with Gasteiger partial charge < -0.3 is 10.4 Å². The lowest BCUT2D eigenvalue weighted by Crippen LogP contribution is -2.58. The van der Waals surface area contributed by atoms with Crippen LogP contribution < -0.4 is 5.32 Å². The molecule has 0 saturated carbocycles. The molecule has 3 nitrogen and oxygen atoms in total. The summed E-state index contributed by atoms with van der Waals surface area (Å²) in [5.74, 6) is -2.61. The first-order valence-corrected chi connectivity index (χ1v) is 5.00. The first kappa shape index (κ1) is 17.0. The standard InChI is InChI=1S/C9H13F6NO2/c1-3-16-6(17)5(2)4-7(18,8(10,11)12)9(13,14)15/h5,18H,3-4H2,1-2H3,(H,16,17). The average Bonchev–Trinajstić information content (AvgIpc) is 2.14. The van der Waals surface area contributed by atoms with Crippen LogP contribution in [0.5, 0.6) is 0 Å². The number of alkyl halides is 6. The van der Waals surface area contributed by atoms with Crippen LogP contribution in [0.2, 0.25) is 0 Å². The maximum atomic E-state index is 12.3. The lowest BCUT2D eigenvalue weighted by Gasteiger charge is -2.33. The minimum atomic E-state index is -5.90. The van der Waals surface area contributed by atoms with Crippen molar-refractivity contribution in [2.24, 2.45) is 5.92 Å². The highest BCUT2D eigenvalue weighted by Crippen LogP contribution is 2.46. The summed E-state index contributed by atoms with van der Waals surface area (Å²) < 4.78 is 73.8. The van der Waals surface area contributed by atoms with E-state index in [9.17, 15) is 31.1 Å². The summed E-state index contributed by atoms with van der Waals surface area (Å²) in [5, 5.41) is 10.9. The van der Waals surface area contributed by atoms with Gasteiger partial charge in [-0.2, -0.15) is 26.3 Å². The quantitative estimate of drug-likeness (QED) is 0.774. The molecule has 9 heteroatoms. The normalized spacial score (nSPS) is 15.4. The topological polar surface area (TPSA) is 49.3 Å². The summed E-state index contributed by atoms with van der Waals surface area (Å²) in [5.41, 5.74) is -4.88. The number of hydrogen-bond acceptors (Lipinski definition) is 2. The van der Waals surface area contributed by atoms with E-state index in [0.717, 1.165) is 6.92 Å². The van der Waals surface area contributed by atoms with Gasteiger partial charge in [0.1, 0.15) is 0 Å². The summed E-state index contributed by atoms with van der Waals surface area (Å²) >= 11 is 0. The maximum Gasteiger partial charge on any atom is 0.426 e. The Morgan fingerprint density at radius 1 is 1.17 bits per heavy atom. The summed E-state index contributed by atoms with van der Waals surface area (Å²) in [7, 11) is 0. The van der Waals surface area contributed by atoms with Crippen molar-refractivity contribution in [1.29, 1.82) is 0 Å². The lowest BCUT2D eigenvalue weighted by molar-refractivity contribution is -0.371. The summed E-state index contributed by atoms with van der Waals surface area (Å²) in [6.45, 7) is 2.41. The van der Waals surface area contributed by atoms with Crippen molar-refractivity contribution in [3.63, 3.8) is 0 Å². The van der Waals surface area contributed by atoms with Gasteiger partial charge in [0.25, 0.3) is 5.60 Å². The molecule has 0 fully saturated rings. The van der Waals surface area contributed by atoms with Gasteiger partial charge in [0.05, 0.1) is 0 Å². The zero-order valence-corrected chi connectivity index (χ0v) is 9.61. The van der Waals surface area contributed by atoms with Crippen LogP contribution in [0.3, 0.4) is 0 Å². The molecule has 0 heterocycles. The number of carbonyl (C=O) groups excluding carboxylic acids is 1. The number of carbonyl (C=O) groups is 1. The predicted molar refractivity (Wildman–Crippen MR) is 49.5 cm³/mol. The van der Waals surface area contributed by atoms with Gasteiger partial charge in [-0.15, -0.1) is 0 Å². The number of amides is 1. The van der Waals surface area contributed by atoms with Crippen molar-refractivity contribution in [3.05, 3.63) is 0 Å². The van der Waals surface area contributed by atoms with Crippen molar-refractivity contribution < 1.29 is 36.2 Å². The van der Waals surface area contributed by atoms with E-state index >= 15 is 0 Å². The molecular formula is C9H13F6NO2. The van der Waals surface area contributed by atoms with Crippen molar-refractivity contribution in [2.45, 2.75) is 38.2 Å². The Labute approximate surface area is 99.2 Å². The summed E-state index contributed by atoms with van der Waals surface area (Å²) in [6.07, 6.45) is -13.6. The number of nitrogens with one attached hydrogen (secondary N) is 1. The second-order valence-corrected chi connectivity index (χ2v) is 3.86. The van der Waals surface area contributed by atoms with Gasteiger partial charge in [-0.3, -0.25) is 4.79 Å². The first-order valence-electron chi connectivity index (χ1n) is 5.00. The average molecular weight is 281 g/mol. The van der Waals surface area contributed by atoms with Crippen LogP contribution in [0.15, 0.2) is 0 Å². The zero-order valence-electron chi connectivity index (χ0n) is 9.61.